The van der Waals surface area contributed by atoms with E-state index in [0.29, 0.717) is 19.8 Å². The fourth-order valence-corrected chi connectivity index (χ4v) is 3.02. The summed E-state index contributed by atoms with van der Waals surface area (Å²) in [6.45, 7) is 1.93. The van der Waals surface area contributed by atoms with Gasteiger partial charge in [0.05, 0.1) is 18.1 Å². The molecular formula is C13H20ClFN2O4S. The Hall–Kier alpha value is -0.930. The van der Waals surface area contributed by atoms with Crippen molar-refractivity contribution in [1.29, 1.82) is 0 Å². The van der Waals surface area contributed by atoms with Crippen LogP contribution in [0.5, 0.6) is 5.75 Å². The second-order valence-electron chi connectivity index (χ2n) is 4.82. The van der Waals surface area contributed by atoms with E-state index in [1.807, 2.05) is 0 Å². The molecule has 0 amide bonds. The molecule has 0 spiro atoms. The number of ether oxygens (including phenoxy) is 2. The van der Waals surface area contributed by atoms with Gasteiger partial charge in [-0.2, -0.15) is 0 Å². The Kier molecular flexibility index (Phi) is 7.51. The van der Waals surface area contributed by atoms with Crippen molar-refractivity contribution in [3.63, 3.8) is 0 Å². The van der Waals surface area contributed by atoms with Gasteiger partial charge in [-0.3, -0.25) is 0 Å². The SMILES string of the molecule is Cl.NCCNS(=O)(=O)c1ccc(OCC2CCOC2)c(F)c1. The number of benzene rings is 1. The fraction of sp³-hybridized carbons (Fsp3) is 0.538. The van der Waals surface area contributed by atoms with Gasteiger partial charge in [-0.1, -0.05) is 0 Å². The van der Waals surface area contributed by atoms with Crippen molar-refractivity contribution in [3.05, 3.63) is 24.0 Å². The average molecular weight is 355 g/mol. The van der Waals surface area contributed by atoms with Crippen LogP contribution in [0.3, 0.4) is 0 Å². The minimum Gasteiger partial charge on any atom is -0.490 e. The fourth-order valence-electron chi connectivity index (χ4n) is 1.96. The summed E-state index contributed by atoms with van der Waals surface area (Å²) in [7, 11) is -3.74. The van der Waals surface area contributed by atoms with Crippen LogP contribution in [0.1, 0.15) is 6.42 Å². The van der Waals surface area contributed by atoms with Crippen molar-refractivity contribution in [1.82, 2.24) is 4.72 Å². The molecule has 0 aliphatic carbocycles. The number of halogens is 2. The zero-order valence-electron chi connectivity index (χ0n) is 12.0. The summed E-state index contributed by atoms with van der Waals surface area (Å²) in [4.78, 5) is -0.148. The molecule has 0 radical (unpaired) electrons. The smallest absolute Gasteiger partial charge is 0.240 e. The third-order valence-corrected chi connectivity index (χ3v) is 4.61. The van der Waals surface area contributed by atoms with Crippen LogP contribution in [0.2, 0.25) is 0 Å². The standard InChI is InChI=1S/C13H19FN2O4S.ClH/c14-12-7-11(21(17,18)16-5-4-15)1-2-13(12)20-9-10-3-6-19-8-10;/h1-2,7,10,16H,3-6,8-9,15H2;1H. The van der Waals surface area contributed by atoms with Gasteiger partial charge in [0.1, 0.15) is 0 Å². The lowest BCUT2D eigenvalue weighted by molar-refractivity contribution is 0.165. The number of nitrogens with one attached hydrogen (secondary N) is 1. The molecule has 0 saturated carbocycles. The highest BCUT2D eigenvalue weighted by molar-refractivity contribution is 7.89. The maximum atomic E-state index is 13.9. The van der Waals surface area contributed by atoms with E-state index < -0.39 is 15.8 Å². The Bertz CT molecular complexity index is 579. The Labute approximate surface area is 135 Å². The summed E-state index contributed by atoms with van der Waals surface area (Å²) >= 11 is 0. The highest BCUT2D eigenvalue weighted by Crippen LogP contribution is 2.22. The Morgan fingerprint density at radius 1 is 1.45 bits per heavy atom. The molecule has 2 rings (SSSR count). The molecule has 1 aromatic rings. The molecule has 1 heterocycles. The van der Waals surface area contributed by atoms with Crippen molar-refractivity contribution in [2.24, 2.45) is 11.7 Å². The van der Waals surface area contributed by atoms with Gasteiger partial charge in [-0.15, -0.1) is 12.4 Å². The molecule has 6 nitrogen and oxygen atoms in total. The topological polar surface area (TPSA) is 90.7 Å². The van der Waals surface area contributed by atoms with E-state index in [1.54, 1.807) is 0 Å². The predicted octanol–water partition coefficient (Wildman–Crippen LogP) is 0.900. The van der Waals surface area contributed by atoms with Crippen LogP contribution < -0.4 is 15.2 Å². The van der Waals surface area contributed by atoms with Crippen LogP contribution in [0, 0.1) is 11.7 Å². The maximum absolute atomic E-state index is 13.9. The first-order valence-corrected chi connectivity index (χ1v) is 8.21. The third kappa shape index (κ3) is 5.06. The number of hydrogen-bond acceptors (Lipinski definition) is 5. The van der Waals surface area contributed by atoms with Crippen LogP contribution in [-0.4, -0.2) is 41.3 Å². The van der Waals surface area contributed by atoms with Crippen molar-refractivity contribution >= 4 is 22.4 Å². The molecule has 3 N–H and O–H groups in total. The van der Waals surface area contributed by atoms with E-state index in [2.05, 4.69) is 4.72 Å². The van der Waals surface area contributed by atoms with Crippen molar-refractivity contribution in [3.8, 4) is 5.75 Å². The second-order valence-corrected chi connectivity index (χ2v) is 6.59. The molecule has 1 aromatic carbocycles. The van der Waals surface area contributed by atoms with Crippen molar-refractivity contribution < 1.29 is 22.3 Å². The minimum atomic E-state index is -3.74. The van der Waals surface area contributed by atoms with E-state index in [-0.39, 0.29) is 42.1 Å². The van der Waals surface area contributed by atoms with E-state index in [4.69, 9.17) is 15.2 Å². The van der Waals surface area contributed by atoms with Crippen molar-refractivity contribution in [2.75, 3.05) is 32.9 Å². The first kappa shape index (κ1) is 19.1. The molecule has 9 heteroatoms. The molecule has 1 saturated heterocycles. The summed E-state index contributed by atoms with van der Waals surface area (Å²) in [6.07, 6.45) is 0.886. The van der Waals surface area contributed by atoms with Crippen molar-refractivity contribution in [2.45, 2.75) is 11.3 Å². The zero-order chi connectivity index (χ0) is 15.3. The summed E-state index contributed by atoms with van der Waals surface area (Å²) in [5.41, 5.74) is 5.24. The Balaban J connectivity index is 0.00000242. The quantitative estimate of drug-likeness (QED) is 0.759. The summed E-state index contributed by atoms with van der Waals surface area (Å²) in [5.74, 6) is -0.414. The normalized spacial score (nSPS) is 18.0. The van der Waals surface area contributed by atoms with Crippen LogP contribution in [0.15, 0.2) is 23.1 Å². The summed E-state index contributed by atoms with van der Waals surface area (Å²) in [5, 5.41) is 0. The van der Waals surface area contributed by atoms with Gasteiger partial charge in [0.2, 0.25) is 10.0 Å². The molecule has 1 unspecified atom stereocenters. The van der Waals surface area contributed by atoms with E-state index in [0.717, 1.165) is 12.5 Å². The first-order valence-electron chi connectivity index (χ1n) is 6.73. The molecule has 0 bridgehead atoms. The lowest BCUT2D eigenvalue weighted by Crippen LogP contribution is -2.29. The van der Waals surface area contributed by atoms with Crippen LogP contribution in [0.25, 0.3) is 0 Å². The molecular weight excluding hydrogens is 335 g/mol. The van der Waals surface area contributed by atoms with E-state index >= 15 is 0 Å². The third-order valence-electron chi connectivity index (χ3n) is 3.15. The predicted molar refractivity (Wildman–Crippen MR) is 82.3 cm³/mol. The van der Waals surface area contributed by atoms with Gasteiger partial charge in [0.15, 0.2) is 11.6 Å². The van der Waals surface area contributed by atoms with Gasteiger partial charge in [-0.05, 0) is 24.6 Å². The Morgan fingerprint density at radius 2 is 2.23 bits per heavy atom. The molecule has 0 aromatic heterocycles. The van der Waals surface area contributed by atoms with Crippen LogP contribution >= 0.6 is 12.4 Å². The van der Waals surface area contributed by atoms with Crippen LogP contribution in [-0.2, 0) is 14.8 Å². The number of nitrogens with two attached hydrogens (primary N) is 1. The van der Waals surface area contributed by atoms with E-state index in [9.17, 15) is 12.8 Å². The molecule has 22 heavy (non-hydrogen) atoms. The number of hydrogen-bond donors (Lipinski definition) is 2. The zero-order valence-corrected chi connectivity index (χ0v) is 13.6. The molecule has 126 valence electrons. The molecule has 1 aliphatic heterocycles. The largest absolute Gasteiger partial charge is 0.490 e. The second kappa shape index (κ2) is 8.64. The highest BCUT2D eigenvalue weighted by atomic mass is 35.5. The van der Waals surface area contributed by atoms with Crippen LogP contribution in [0.4, 0.5) is 4.39 Å². The van der Waals surface area contributed by atoms with Gasteiger partial charge in [0, 0.05) is 25.6 Å². The first-order chi connectivity index (χ1) is 10.0. The van der Waals surface area contributed by atoms with Gasteiger partial charge < -0.3 is 15.2 Å². The number of sulfonamides is 1. The van der Waals surface area contributed by atoms with Gasteiger partial charge in [0.25, 0.3) is 0 Å². The molecule has 1 aliphatic rings. The summed E-state index contributed by atoms with van der Waals surface area (Å²) < 4.78 is 50.4. The minimum absolute atomic E-state index is 0. The monoisotopic (exact) mass is 354 g/mol. The lowest BCUT2D eigenvalue weighted by atomic mass is 10.1. The Morgan fingerprint density at radius 3 is 2.82 bits per heavy atom. The average Bonchev–Trinajstić information content (AvgIpc) is 2.97. The molecule has 1 atom stereocenters. The lowest BCUT2D eigenvalue weighted by Gasteiger charge is -2.12. The van der Waals surface area contributed by atoms with E-state index in [1.165, 1.54) is 12.1 Å². The van der Waals surface area contributed by atoms with Gasteiger partial charge in [-0.25, -0.2) is 17.5 Å². The summed E-state index contributed by atoms with van der Waals surface area (Å²) in [6, 6.07) is 3.57. The van der Waals surface area contributed by atoms with Gasteiger partial charge >= 0.3 is 0 Å². The molecule has 1 fully saturated rings. The number of rotatable bonds is 7. The highest BCUT2D eigenvalue weighted by Gasteiger charge is 2.19. The maximum Gasteiger partial charge on any atom is 0.240 e.